The summed E-state index contributed by atoms with van der Waals surface area (Å²) < 4.78 is 0. The van der Waals surface area contributed by atoms with Gasteiger partial charge in [-0.2, -0.15) is 0 Å². The van der Waals surface area contributed by atoms with Gasteiger partial charge in [-0.05, 0) is 104 Å². The van der Waals surface area contributed by atoms with Gasteiger partial charge in [-0.3, -0.25) is 4.98 Å². The molecule has 0 fully saturated rings. The maximum atomic E-state index is 4.71. The number of rotatable bonds is 6. The number of pyridine rings is 3. The fraction of sp³-hybridized carbons (Fsp3) is 0.109. The number of aryl methyl sites for hydroxylation is 1. The van der Waals surface area contributed by atoms with E-state index in [0.29, 0.717) is 0 Å². The molecule has 6 aromatic carbocycles. The molecular weight excluding hydrogens is 895 g/mol. The van der Waals surface area contributed by atoms with E-state index in [1.54, 1.807) is 0 Å². The summed E-state index contributed by atoms with van der Waals surface area (Å²) in [4.78, 5) is 13.6. The summed E-state index contributed by atoms with van der Waals surface area (Å²) in [6.07, 6.45) is 7.64. The van der Waals surface area contributed by atoms with Crippen LogP contribution in [0, 0.1) is 26.0 Å². The molecule has 1 radical (unpaired) electrons. The average molecular weight is 940 g/mol. The Bertz CT molecular complexity index is 2830. The van der Waals surface area contributed by atoms with Crippen molar-refractivity contribution in [1.82, 2.24) is 15.0 Å². The van der Waals surface area contributed by atoms with E-state index >= 15 is 0 Å². The molecule has 0 saturated carbocycles. The van der Waals surface area contributed by atoms with E-state index in [1.807, 2.05) is 61.2 Å². The molecule has 59 heavy (non-hydrogen) atoms. The number of benzene rings is 6. The van der Waals surface area contributed by atoms with E-state index in [4.69, 9.17) is 4.98 Å². The minimum absolute atomic E-state index is 0. The van der Waals surface area contributed by atoms with E-state index in [1.165, 1.54) is 55.5 Å². The van der Waals surface area contributed by atoms with Gasteiger partial charge in [0.1, 0.15) is 0 Å². The van der Waals surface area contributed by atoms with Gasteiger partial charge in [-0.25, -0.2) is 0 Å². The third-order valence-corrected chi connectivity index (χ3v) is 10.6. The number of aromatic nitrogens is 3. The van der Waals surface area contributed by atoms with Crippen LogP contribution in [0.15, 0.2) is 183 Å². The molecule has 0 unspecified atom stereocenters. The Morgan fingerprint density at radius 1 is 0.475 bits per heavy atom. The standard InChI is InChI=1S/C43H35N2.C12H10N.Ir/c1-29-35(30-12-7-5-8-13-30)18-20-37(31-14-9-6-10-15-31)42(29)39-21-19-36(38-23-24-44-28-40(38)39)32-16-11-17-33(26-32)41-27-34(22-25-45-41)43(2,3)4;1-10-7-8-13-12(9-10)11-5-3-2-4-6-11;/h5-16,18-28H,1-4H3;2-5,7-9H,1H3;/q2*-1;. The minimum atomic E-state index is 0. The van der Waals surface area contributed by atoms with Crippen LogP contribution in [0.2, 0.25) is 0 Å². The van der Waals surface area contributed by atoms with Crippen molar-refractivity contribution in [2.75, 3.05) is 0 Å². The van der Waals surface area contributed by atoms with E-state index in [2.05, 4.69) is 178 Å². The molecule has 9 aromatic rings. The predicted octanol–water partition coefficient (Wildman–Crippen LogP) is 14.2. The van der Waals surface area contributed by atoms with Crippen LogP contribution in [0.25, 0.3) is 77.8 Å². The Balaban J connectivity index is 0.000000321. The van der Waals surface area contributed by atoms with Crippen molar-refractivity contribution in [3.63, 3.8) is 0 Å². The van der Waals surface area contributed by atoms with Gasteiger partial charge in [-0.15, -0.1) is 71.3 Å². The molecule has 3 aromatic heterocycles. The van der Waals surface area contributed by atoms with Crippen LogP contribution in [-0.4, -0.2) is 15.0 Å². The first-order valence-corrected chi connectivity index (χ1v) is 19.7. The zero-order valence-electron chi connectivity index (χ0n) is 34.0. The van der Waals surface area contributed by atoms with E-state index in [0.717, 1.165) is 39.0 Å². The summed E-state index contributed by atoms with van der Waals surface area (Å²) in [7, 11) is 0. The summed E-state index contributed by atoms with van der Waals surface area (Å²) in [6.45, 7) is 11.0. The van der Waals surface area contributed by atoms with Crippen molar-refractivity contribution in [2.45, 2.75) is 40.0 Å². The third-order valence-electron chi connectivity index (χ3n) is 10.6. The Labute approximate surface area is 362 Å². The molecule has 0 amide bonds. The average Bonchev–Trinajstić information content (AvgIpc) is 3.27. The second-order valence-corrected chi connectivity index (χ2v) is 15.6. The molecular formula is C55H45IrN3-2. The molecule has 0 N–H and O–H groups in total. The summed E-state index contributed by atoms with van der Waals surface area (Å²) >= 11 is 0. The van der Waals surface area contributed by atoms with Crippen molar-refractivity contribution in [3.05, 3.63) is 211 Å². The molecule has 0 spiro atoms. The van der Waals surface area contributed by atoms with Gasteiger partial charge >= 0.3 is 0 Å². The zero-order valence-corrected chi connectivity index (χ0v) is 36.4. The first kappa shape index (κ1) is 40.9. The first-order valence-electron chi connectivity index (χ1n) is 19.7. The predicted molar refractivity (Wildman–Crippen MR) is 242 cm³/mol. The summed E-state index contributed by atoms with van der Waals surface area (Å²) in [6, 6.07) is 61.7. The smallest absolute Gasteiger partial charge is 0.0352 e. The maximum absolute atomic E-state index is 4.71. The molecule has 0 saturated heterocycles. The van der Waals surface area contributed by atoms with Crippen LogP contribution >= 0.6 is 0 Å². The van der Waals surface area contributed by atoms with E-state index in [-0.39, 0.29) is 25.5 Å². The van der Waals surface area contributed by atoms with E-state index in [9.17, 15) is 0 Å². The largest absolute Gasteiger partial charge is 0.305 e. The van der Waals surface area contributed by atoms with Crippen molar-refractivity contribution >= 4 is 10.8 Å². The molecule has 0 bridgehead atoms. The van der Waals surface area contributed by atoms with Crippen LogP contribution in [0.5, 0.6) is 0 Å². The normalized spacial score (nSPS) is 11.0. The van der Waals surface area contributed by atoms with Gasteiger partial charge in [0.2, 0.25) is 0 Å². The Morgan fingerprint density at radius 2 is 1.10 bits per heavy atom. The fourth-order valence-corrected chi connectivity index (χ4v) is 7.57. The Kier molecular flexibility index (Phi) is 12.5. The molecule has 4 heteroatoms. The monoisotopic (exact) mass is 940 g/mol. The molecule has 9 rings (SSSR count). The number of hydrogen-bond acceptors (Lipinski definition) is 3. The van der Waals surface area contributed by atoms with Crippen molar-refractivity contribution in [1.29, 1.82) is 0 Å². The minimum Gasteiger partial charge on any atom is -0.305 e. The Hall–Kier alpha value is -6.32. The SMILES string of the molecule is Cc1c(-c2ccccc2)ccc(-c2ccccc2)c1-c1ccc(-c2cc[c-]c(-c3cc(C(C)(C)C)ccn3)c2)c2ccncc12.Cc1ccnc(-c2[c-]cccc2)c1.[Ir]. The van der Waals surface area contributed by atoms with Crippen molar-refractivity contribution < 1.29 is 20.1 Å². The maximum Gasteiger partial charge on any atom is 0.0352 e. The summed E-state index contributed by atoms with van der Waals surface area (Å²) in [5, 5.41) is 2.29. The molecule has 3 nitrogen and oxygen atoms in total. The van der Waals surface area contributed by atoms with Gasteiger partial charge in [0.25, 0.3) is 0 Å². The van der Waals surface area contributed by atoms with Crippen LogP contribution in [0.3, 0.4) is 0 Å². The van der Waals surface area contributed by atoms with Crippen LogP contribution in [-0.2, 0) is 25.5 Å². The zero-order chi connectivity index (χ0) is 40.1. The van der Waals surface area contributed by atoms with Gasteiger partial charge in [0, 0.05) is 50.3 Å². The molecule has 0 aliphatic rings. The topological polar surface area (TPSA) is 38.7 Å². The van der Waals surface area contributed by atoms with Crippen molar-refractivity contribution in [3.8, 4) is 67.0 Å². The third kappa shape index (κ3) is 9.06. The summed E-state index contributed by atoms with van der Waals surface area (Å²) in [5.41, 5.74) is 17.3. The second kappa shape index (κ2) is 18.1. The number of nitrogens with zero attached hydrogens (tertiary/aromatic N) is 3. The molecule has 3 heterocycles. The molecule has 291 valence electrons. The molecule has 0 aliphatic carbocycles. The quantitative estimate of drug-likeness (QED) is 0.156. The van der Waals surface area contributed by atoms with Gasteiger partial charge in [0.15, 0.2) is 0 Å². The number of fused-ring (bicyclic) bond motifs is 1. The fourth-order valence-electron chi connectivity index (χ4n) is 7.57. The van der Waals surface area contributed by atoms with Gasteiger partial charge in [-0.1, -0.05) is 123 Å². The van der Waals surface area contributed by atoms with Crippen LogP contribution < -0.4 is 0 Å². The summed E-state index contributed by atoms with van der Waals surface area (Å²) in [5.74, 6) is 0. The first-order chi connectivity index (χ1) is 28.2. The van der Waals surface area contributed by atoms with Gasteiger partial charge < -0.3 is 9.97 Å². The molecule has 0 atom stereocenters. The second-order valence-electron chi connectivity index (χ2n) is 15.6. The van der Waals surface area contributed by atoms with Crippen LogP contribution in [0.4, 0.5) is 0 Å². The van der Waals surface area contributed by atoms with E-state index < -0.39 is 0 Å². The Morgan fingerprint density at radius 3 is 1.80 bits per heavy atom. The van der Waals surface area contributed by atoms with Crippen LogP contribution in [0.1, 0.15) is 37.5 Å². The van der Waals surface area contributed by atoms with Gasteiger partial charge in [0.05, 0.1) is 0 Å². The number of hydrogen-bond donors (Lipinski definition) is 0. The van der Waals surface area contributed by atoms with Crippen molar-refractivity contribution in [2.24, 2.45) is 0 Å². The molecule has 0 aliphatic heterocycles.